The lowest BCUT2D eigenvalue weighted by Crippen LogP contribution is -2.35. The highest BCUT2D eigenvalue weighted by Crippen LogP contribution is 2.44. The molecule has 2 aliphatic carbocycles. The van der Waals surface area contributed by atoms with Gasteiger partial charge in [0.25, 0.3) is 0 Å². The van der Waals surface area contributed by atoms with E-state index in [1.807, 2.05) is 17.0 Å². The average Bonchev–Trinajstić information content (AvgIpc) is 3.08. The largest absolute Gasteiger partial charge is 0.391 e. The molecule has 0 aromatic carbocycles. The molecule has 0 spiro atoms. The van der Waals surface area contributed by atoms with Crippen LogP contribution in [0.2, 0.25) is 0 Å². The van der Waals surface area contributed by atoms with E-state index in [9.17, 15) is 5.11 Å². The molecule has 6 rings (SSSR count). The zero-order valence-electron chi connectivity index (χ0n) is 15.1. The van der Waals surface area contributed by atoms with Crippen LogP contribution in [0.3, 0.4) is 0 Å². The maximum absolute atomic E-state index is 10.7. The van der Waals surface area contributed by atoms with E-state index in [0.29, 0.717) is 17.8 Å². The molecule has 3 aromatic heterocycles. The minimum Gasteiger partial charge on any atom is -0.391 e. The Hall–Kier alpha value is -2.48. The summed E-state index contributed by atoms with van der Waals surface area (Å²) in [6.07, 6.45) is 11.2. The lowest BCUT2D eigenvalue weighted by Gasteiger charge is -2.35. The molecule has 0 bridgehead atoms. The van der Waals surface area contributed by atoms with Gasteiger partial charge in [0.05, 0.1) is 29.9 Å². The van der Waals surface area contributed by atoms with E-state index < -0.39 is 0 Å². The second-order valence-corrected chi connectivity index (χ2v) is 8.37. The first-order valence-electron chi connectivity index (χ1n) is 9.87. The Morgan fingerprint density at radius 1 is 1.07 bits per heavy atom. The van der Waals surface area contributed by atoms with E-state index in [1.54, 1.807) is 12.5 Å². The second-order valence-electron chi connectivity index (χ2n) is 8.37. The molecule has 2 saturated carbocycles. The number of rotatable bonds is 3. The van der Waals surface area contributed by atoms with Gasteiger partial charge in [-0.15, -0.1) is 10.2 Å². The van der Waals surface area contributed by atoms with Crippen molar-refractivity contribution in [3.8, 4) is 0 Å². The third-order valence-corrected chi connectivity index (χ3v) is 6.62. The van der Waals surface area contributed by atoms with E-state index in [2.05, 4.69) is 30.7 Å². The Kier molecular flexibility index (Phi) is 3.32. The van der Waals surface area contributed by atoms with E-state index in [1.165, 1.54) is 12.8 Å². The van der Waals surface area contributed by atoms with Crippen LogP contribution in [0.1, 0.15) is 43.3 Å². The van der Waals surface area contributed by atoms with Crippen molar-refractivity contribution in [3.05, 3.63) is 36.8 Å². The van der Waals surface area contributed by atoms with Gasteiger partial charge < -0.3 is 14.6 Å². The summed E-state index contributed by atoms with van der Waals surface area (Å²) in [6.45, 7) is 1.97. The Morgan fingerprint density at radius 3 is 2.70 bits per heavy atom. The first kappa shape index (κ1) is 15.6. The third-order valence-electron chi connectivity index (χ3n) is 6.62. The molecule has 140 valence electrons. The van der Waals surface area contributed by atoms with Crippen LogP contribution >= 0.6 is 0 Å². The molecule has 1 aliphatic heterocycles. The van der Waals surface area contributed by atoms with Crippen LogP contribution in [0.5, 0.6) is 0 Å². The standard InChI is InChI=1S/C19H23N7O/c27-18-6-14-9-25(8-13(14)5-16(18)24-4-3-20-10-24)17-7-15(12-1-2-12)23-26-11-21-22-19(17)26/h3-4,7,10-14,16,18,27H,1-2,5-6,8-9H2/t13-,14+,16-,18-/m1/s1. The van der Waals surface area contributed by atoms with Gasteiger partial charge in [0.15, 0.2) is 0 Å². The average molecular weight is 365 g/mol. The molecule has 0 unspecified atom stereocenters. The van der Waals surface area contributed by atoms with Crippen molar-refractivity contribution in [3.63, 3.8) is 0 Å². The molecule has 1 saturated heterocycles. The van der Waals surface area contributed by atoms with Crippen molar-refractivity contribution in [1.82, 2.24) is 29.4 Å². The maximum Gasteiger partial charge on any atom is 0.200 e. The van der Waals surface area contributed by atoms with Gasteiger partial charge in [-0.25, -0.2) is 4.98 Å². The molecule has 1 N–H and O–H groups in total. The van der Waals surface area contributed by atoms with E-state index in [0.717, 1.165) is 43.0 Å². The van der Waals surface area contributed by atoms with Crippen molar-refractivity contribution in [1.29, 1.82) is 0 Å². The number of aliphatic hydroxyl groups is 1. The second kappa shape index (κ2) is 5.76. The normalized spacial score (nSPS) is 30.8. The molecular formula is C19H23N7O. The molecule has 4 atom stereocenters. The predicted octanol–water partition coefficient (Wildman–Crippen LogP) is 1.65. The van der Waals surface area contributed by atoms with Gasteiger partial charge in [0.2, 0.25) is 5.65 Å². The number of anilines is 1. The van der Waals surface area contributed by atoms with E-state index in [4.69, 9.17) is 5.10 Å². The molecule has 0 amide bonds. The zero-order chi connectivity index (χ0) is 18.0. The fourth-order valence-corrected chi connectivity index (χ4v) is 5.03. The van der Waals surface area contributed by atoms with Crippen LogP contribution in [0.4, 0.5) is 5.69 Å². The quantitative estimate of drug-likeness (QED) is 0.760. The van der Waals surface area contributed by atoms with Crippen molar-refractivity contribution >= 4 is 11.3 Å². The van der Waals surface area contributed by atoms with Gasteiger partial charge in [-0.3, -0.25) is 0 Å². The first-order chi connectivity index (χ1) is 13.3. The Labute approximate surface area is 156 Å². The number of hydrogen-bond acceptors (Lipinski definition) is 6. The molecule has 8 heteroatoms. The Bertz CT molecular complexity index is 964. The highest BCUT2D eigenvalue weighted by molar-refractivity contribution is 5.69. The lowest BCUT2D eigenvalue weighted by atomic mass is 9.77. The van der Waals surface area contributed by atoms with Crippen LogP contribution in [-0.2, 0) is 0 Å². The van der Waals surface area contributed by atoms with Crippen LogP contribution in [0.25, 0.3) is 5.65 Å². The number of imidazole rings is 1. The van der Waals surface area contributed by atoms with Crippen molar-refractivity contribution < 1.29 is 5.11 Å². The number of aliphatic hydroxyl groups excluding tert-OH is 1. The number of nitrogens with zero attached hydrogens (tertiary/aromatic N) is 7. The van der Waals surface area contributed by atoms with E-state index >= 15 is 0 Å². The van der Waals surface area contributed by atoms with Crippen molar-refractivity contribution in [2.24, 2.45) is 11.8 Å². The maximum atomic E-state index is 10.7. The van der Waals surface area contributed by atoms with Crippen LogP contribution in [0.15, 0.2) is 31.1 Å². The molecule has 0 radical (unpaired) electrons. The summed E-state index contributed by atoms with van der Waals surface area (Å²) in [5, 5.41) is 23.8. The summed E-state index contributed by atoms with van der Waals surface area (Å²) in [5.74, 6) is 1.68. The third kappa shape index (κ3) is 2.54. The van der Waals surface area contributed by atoms with Gasteiger partial charge in [-0.05, 0) is 43.6 Å². The van der Waals surface area contributed by atoms with Gasteiger partial charge in [0, 0.05) is 31.4 Å². The molecule has 4 heterocycles. The van der Waals surface area contributed by atoms with Crippen LogP contribution in [0, 0.1) is 11.8 Å². The highest BCUT2D eigenvalue weighted by Gasteiger charge is 2.43. The zero-order valence-corrected chi connectivity index (χ0v) is 15.1. The monoisotopic (exact) mass is 365 g/mol. The minimum atomic E-state index is -0.312. The lowest BCUT2D eigenvalue weighted by molar-refractivity contribution is 0.0358. The molecular weight excluding hydrogens is 342 g/mol. The predicted molar refractivity (Wildman–Crippen MR) is 98.5 cm³/mol. The topological polar surface area (TPSA) is 84.4 Å². The molecule has 3 aliphatic rings. The molecule has 8 nitrogen and oxygen atoms in total. The fourth-order valence-electron chi connectivity index (χ4n) is 5.03. The molecule has 3 aromatic rings. The van der Waals surface area contributed by atoms with Crippen LogP contribution in [-0.4, -0.2) is 53.7 Å². The first-order valence-corrected chi connectivity index (χ1v) is 9.87. The van der Waals surface area contributed by atoms with Gasteiger partial charge in [0.1, 0.15) is 6.33 Å². The van der Waals surface area contributed by atoms with Crippen molar-refractivity contribution in [2.45, 2.75) is 43.7 Å². The molecule has 27 heavy (non-hydrogen) atoms. The summed E-state index contributed by atoms with van der Waals surface area (Å²) < 4.78 is 3.89. The Morgan fingerprint density at radius 2 is 1.93 bits per heavy atom. The number of aromatic nitrogens is 6. The summed E-state index contributed by atoms with van der Waals surface area (Å²) in [6, 6.07) is 2.35. The molecule has 3 fully saturated rings. The number of hydrogen-bond donors (Lipinski definition) is 1. The summed E-state index contributed by atoms with van der Waals surface area (Å²) in [7, 11) is 0. The summed E-state index contributed by atoms with van der Waals surface area (Å²) >= 11 is 0. The van der Waals surface area contributed by atoms with Gasteiger partial charge in [-0.1, -0.05) is 0 Å². The van der Waals surface area contributed by atoms with Crippen LogP contribution < -0.4 is 4.90 Å². The smallest absolute Gasteiger partial charge is 0.200 e. The summed E-state index contributed by atoms with van der Waals surface area (Å²) in [4.78, 5) is 6.60. The highest BCUT2D eigenvalue weighted by atomic mass is 16.3. The fraction of sp³-hybridized carbons (Fsp3) is 0.579. The number of fused-ring (bicyclic) bond motifs is 2. The Balaban J connectivity index is 1.31. The van der Waals surface area contributed by atoms with Gasteiger partial charge in [-0.2, -0.15) is 9.61 Å². The summed E-state index contributed by atoms with van der Waals surface area (Å²) in [5.41, 5.74) is 3.14. The van der Waals surface area contributed by atoms with Crippen molar-refractivity contribution in [2.75, 3.05) is 18.0 Å². The minimum absolute atomic E-state index is 0.126. The van der Waals surface area contributed by atoms with E-state index in [-0.39, 0.29) is 12.1 Å². The van der Waals surface area contributed by atoms with Gasteiger partial charge >= 0.3 is 0 Å². The SMILES string of the molecule is O[C@@H]1C[C@H]2CN(c3cc(C4CC4)nn4cnnc34)C[C@H]2C[C@H]1n1ccnc1.